The topological polar surface area (TPSA) is 31.4 Å². The Morgan fingerprint density at radius 1 is 0.351 bits per heavy atom. The van der Waals surface area contributed by atoms with Crippen LogP contribution in [0.2, 0.25) is 0 Å². The summed E-state index contributed by atoms with van der Waals surface area (Å²) in [6.07, 6.45) is 10.1. The molecule has 0 bridgehead atoms. The summed E-state index contributed by atoms with van der Waals surface area (Å²) in [5, 5.41) is 0. The molecule has 0 fully saturated rings. The maximum absolute atomic E-state index is 7.74. The van der Waals surface area contributed by atoms with Gasteiger partial charge < -0.3 is 29.1 Å². The summed E-state index contributed by atoms with van der Waals surface area (Å²) in [7, 11) is 0. The number of aryl methyl sites for hydroxylation is 4. The van der Waals surface area contributed by atoms with E-state index in [4.69, 9.17) is 9.47 Å². The van der Waals surface area contributed by atoms with Crippen LogP contribution in [0, 0.1) is 14.1 Å². The number of rotatable bonds is 17. The Balaban J connectivity index is 1.01. The van der Waals surface area contributed by atoms with Gasteiger partial charge in [-0.3, -0.25) is 0 Å². The highest BCUT2D eigenvalue weighted by molar-refractivity contribution is 14.1. The van der Waals surface area contributed by atoms with Gasteiger partial charge in [-0.15, -0.1) is 0 Å². The van der Waals surface area contributed by atoms with E-state index in [-0.39, 0.29) is 24.3 Å². The molecule has 0 amide bonds. The van der Waals surface area contributed by atoms with E-state index in [9.17, 15) is 0 Å². The van der Waals surface area contributed by atoms with Crippen LogP contribution in [0.3, 0.4) is 0 Å². The largest absolute Gasteiger partial charge is 0.458 e. The van der Waals surface area contributed by atoms with Crippen molar-refractivity contribution in [2.75, 3.05) is 19.6 Å². The number of hydrogen-bond acceptors (Lipinski definition) is 6. The Labute approximate surface area is 603 Å². The third-order valence-corrected chi connectivity index (χ3v) is 21.8. The van der Waals surface area contributed by atoms with Gasteiger partial charge in [0.05, 0.1) is 11.4 Å². The van der Waals surface area contributed by atoms with Crippen LogP contribution in [0.15, 0.2) is 218 Å². The molecule has 0 aliphatic carbocycles. The minimum atomic E-state index is -0.202. The van der Waals surface area contributed by atoms with Gasteiger partial charge >= 0.3 is 0 Å². The Morgan fingerprint density at radius 3 is 1.26 bits per heavy atom. The molecule has 0 unspecified atom stereocenters. The van der Waals surface area contributed by atoms with Gasteiger partial charge in [0.1, 0.15) is 23.0 Å². The number of hydrogen-bond donors (Lipinski definition) is 0. The molecule has 11 aromatic carbocycles. The second-order valence-corrected chi connectivity index (χ2v) is 31.7. The summed E-state index contributed by atoms with van der Waals surface area (Å²) in [4.78, 5) is 10.0. The van der Waals surface area contributed by atoms with Crippen molar-refractivity contribution >= 4 is 160 Å². The zero-order chi connectivity index (χ0) is 67.0. The second-order valence-electron chi connectivity index (χ2n) is 29.2. The van der Waals surface area contributed by atoms with Gasteiger partial charge in [0.2, 0.25) is 0 Å². The number of fused-ring (bicyclic) bond motifs is 8. The molecule has 6 nitrogen and oxygen atoms in total. The van der Waals surface area contributed by atoms with Gasteiger partial charge in [-0.25, -0.2) is 0 Å². The summed E-state index contributed by atoms with van der Waals surface area (Å²) >= 11 is 4.86. The third kappa shape index (κ3) is 12.2. The minimum absolute atomic E-state index is 0.0627. The standard InChI is InChI=1S/C87H84B2I2N4O2/c1-11-14-17-57-21-34-64(35-22-57)92(66-42-30-62(90)31-43-66)70-50-78-84-79(51-70)95(69-40-27-60(28-41-69)86(5,6)7)77-55-81-75(54-73(77)88(84)72-49-61(87(8,9)10)29-46-76(72)94(78)68-38-25-59(26-39-68)19-16-13-3)89-74-48-56(4)20-47-80(74)96-82-52-71(53-83(97-81)85(82)89)93(67-44-32-63(91)33-45-67)65-36-23-58(24-37-65)18-15-12-2/h20-55H,11-19H2,1-10H3. The van der Waals surface area contributed by atoms with E-state index in [0.717, 1.165) is 160 Å². The lowest BCUT2D eigenvalue weighted by molar-refractivity contribution is 0.465. The second kappa shape index (κ2) is 26.2. The molecule has 0 spiro atoms. The Bertz CT molecular complexity index is 4770. The van der Waals surface area contributed by atoms with E-state index < -0.39 is 0 Å². The summed E-state index contributed by atoms with van der Waals surface area (Å²) in [6.45, 7) is 22.6. The lowest BCUT2D eigenvalue weighted by Gasteiger charge is -2.46. The van der Waals surface area contributed by atoms with Crippen LogP contribution in [0.4, 0.5) is 68.2 Å². The van der Waals surface area contributed by atoms with Gasteiger partial charge in [0, 0.05) is 87.7 Å². The van der Waals surface area contributed by atoms with Crippen LogP contribution in [-0.2, 0) is 30.1 Å². The molecule has 4 aliphatic rings. The fourth-order valence-corrected chi connectivity index (χ4v) is 15.8. The van der Waals surface area contributed by atoms with Crippen molar-refractivity contribution in [1.82, 2.24) is 0 Å². The van der Waals surface area contributed by atoms with Crippen LogP contribution in [0.1, 0.15) is 134 Å². The van der Waals surface area contributed by atoms with E-state index in [1.54, 1.807) is 0 Å². The van der Waals surface area contributed by atoms with Gasteiger partial charge in [-0.1, -0.05) is 166 Å². The zero-order valence-corrected chi connectivity index (χ0v) is 62.0. The van der Waals surface area contributed by atoms with E-state index in [2.05, 4.69) is 352 Å². The summed E-state index contributed by atoms with van der Waals surface area (Å²) in [5.41, 5.74) is 27.8. The number of halogens is 2. The van der Waals surface area contributed by atoms with Crippen molar-refractivity contribution in [3.8, 4) is 23.0 Å². The smallest absolute Gasteiger partial charge is 0.260 e. The molecule has 97 heavy (non-hydrogen) atoms. The van der Waals surface area contributed by atoms with Gasteiger partial charge in [-0.05, 0) is 278 Å². The van der Waals surface area contributed by atoms with Gasteiger partial charge in [0.15, 0.2) is 0 Å². The molecule has 4 aliphatic heterocycles. The first kappa shape index (κ1) is 64.8. The molecule has 0 radical (unpaired) electrons. The summed E-state index contributed by atoms with van der Waals surface area (Å²) in [5.74, 6) is 3.28. The van der Waals surface area contributed by atoms with Crippen molar-refractivity contribution in [1.29, 1.82) is 0 Å². The number of anilines is 12. The molecule has 0 atom stereocenters. The molecule has 4 heterocycles. The zero-order valence-electron chi connectivity index (χ0n) is 57.7. The van der Waals surface area contributed by atoms with Crippen LogP contribution < -0.4 is 61.9 Å². The van der Waals surface area contributed by atoms with Crippen LogP contribution in [0.25, 0.3) is 0 Å². The summed E-state index contributed by atoms with van der Waals surface area (Å²) < 4.78 is 17.3. The highest BCUT2D eigenvalue weighted by Crippen LogP contribution is 2.51. The van der Waals surface area contributed by atoms with Crippen molar-refractivity contribution in [3.63, 3.8) is 0 Å². The monoisotopic (exact) mass is 1490 g/mol. The lowest BCUT2D eigenvalue weighted by Crippen LogP contribution is -2.64. The number of ether oxygens (including phenoxy) is 2. The van der Waals surface area contributed by atoms with Crippen molar-refractivity contribution < 1.29 is 9.47 Å². The molecule has 0 saturated heterocycles. The van der Waals surface area contributed by atoms with Crippen molar-refractivity contribution in [2.24, 2.45) is 0 Å². The van der Waals surface area contributed by atoms with Gasteiger partial charge in [-0.2, -0.15) is 0 Å². The van der Waals surface area contributed by atoms with Crippen molar-refractivity contribution in [2.45, 2.75) is 138 Å². The number of unbranched alkanes of at least 4 members (excludes halogenated alkanes) is 3. The average Bonchev–Trinajstić information content (AvgIpc) is 0.690. The number of benzene rings is 11. The molecule has 0 aromatic heterocycles. The molecule has 15 rings (SSSR count). The molecule has 0 saturated carbocycles. The fourth-order valence-electron chi connectivity index (χ4n) is 15.1. The van der Waals surface area contributed by atoms with E-state index in [1.807, 2.05) is 0 Å². The molecular formula is C87H84B2I2N4O2. The SMILES string of the molecule is CCCCc1ccc(N(c2ccc(I)cc2)c2cc3c4c(c2)Oc2cc5c(cc2B4c2cc(C)ccc2O3)B2c3cc(C(C)(C)C)ccc3N(c3ccc(CCCC)cc3)c3cc(N(c4ccc(I)cc4)c4ccc(CCCC)cc4)cc(c32)N5c2ccc(C(C)(C)C)cc2)cc1. The highest BCUT2D eigenvalue weighted by atomic mass is 127. The third-order valence-electron chi connectivity index (χ3n) is 20.4. The Kier molecular flexibility index (Phi) is 17.5. The van der Waals surface area contributed by atoms with E-state index in [1.165, 1.54) is 62.6 Å². The maximum atomic E-state index is 7.74. The average molecular weight is 1490 g/mol. The quantitative estimate of drug-likeness (QED) is 0.0667. The van der Waals surface area contributed by atoms with E-state index in [0.29, 0.717) is 0 Å². The van der Waals surface area contributed by atoms with E-state index >= 15 is 0 Å². The molecule has 10 heteroatoms. The molecule has 484 valence electrons. The minimum Gasteiger partial charge on any atom is -0.458 e. The predicted molar refractivity (Wildman–Crippen MR) is 431 cm³/mol. The Morgan fingerprint density at radius 2 is 0.763 bits per heavy atom. The van der Waals surface area contributed by atoms with Crippen LogP contribution >= 0.6 is 45.2 Å². The first-order valence-corrected chi connectivity index (χ1v) is 37.3. The van der Waals surface area contributed by atoms with Crippen LogP contribution in [-0.4, -0.2) is 13.4 Å². The highest BCUT2D eigenvalue weighted by Gasteiger charge is 2.48. The number of nitrogens with zero attached hydrogens (tertiary/aromatic N) is 4. The predicted octanol–water partition coefficient (Wildman–Crippen LogP) is 21.6. The molecule has 11 aromatic rings. The first-order valence-electron chi connectivity index (χ1n) is 35.2. The summed E-state index contributed by atoms with van der Waals surface area (Å²) in [6, 6.07) is 83.8. The molecule has 0 N–H and O–H groups in total. The normalized spacial score (nSPS) is 13.2. The maximum Gasteiger partial charge on any atom is 0.260 e. The van der Waals surface area contributed by atoms with Crippen LogP contribution in [0.5, 0.6) is 23.0 Å². The fraction of sp³-hybridized carbons (Fsp3) is 0.241. The molecular weight excluding hydrogens is 1410 g/mol. The first-order chi connectivity index (χ1) is 46.9. The Hall–Kier alpha value is -8.19. The lowest BCUT2D eigenvalue weighted by atomic mass is 9.30. The van der Waals surface area contributed by atoms with Gasteiger partial charge in [0.25, 0.3) is 13.4 Å². The van der Waals surface area contributed by atoms with Crippen molar-refractivity contribution in [3.05, 3.63) is 259 Å².